The first kappa shape index (κ1) is 18.4. The Morgan fingerprint density at radius 2 is 1.74 bits per heavy atom. The van der Waals surface area contributed by atoms with E-state index in [2.05, 4.69) is 23.3 Å². The van der Waals surface area contributed by atoms with E-state index in [4.69, 9.17) is 4.74 Å². The monoisotopic (exact) mass is 358 g/mol. The van der Waals surface area contributed by atoms with Crippen LogP contribution in [-0.4, -0.2) is 18.7 Å². The Morgan fingerprint density at radius 3 is 2.52 bits per heavy atom. The number of rotatable bonds is 6. The molecule has 1 N–H and O–H groups in total. The molecule has 0 bridgehead atoms. The van der Waals surface area contributed by atoms with Crippen LogP contribution in [0.4, 0.5) is 11.4 Å². The van der Waals surface area contributed by atoms with Gasteiger partial charge < -0.3 is 10.1 Å². The number of benzene rings is 3. The first-order chi connectivity index (χ1) is 13.1. The van der Waals surface area contributed by atoms with Crippen molar-refractivity contribution in [3.63, 3.8) is 0 Å². The predicted octanol–water partition coefficient (Wildman–Crippen LogP) is 5.07. The second-order valence-corrected chi connectivity index (χ2v) is 6.29. The summed E-state index contributed by atoms with van der Waals surface area (Å²) in [4.78, 5) is 16.7. The Bertz CT molecular complexity index is 950. The van der Waals surface area contributed by atoms with E-state index in [1.807, 2.05) is 73.7 Å². The summed E-state index contributed by atoms with van der Waals surface area (Å²) in [6.45, 7) is 4.03. The molecule has 0 saturated heterocycles. The highest BCUT2D eigenvalue weighted by Gasteiger charge is 2.06. The summed E-state index contributed by atoms with van der Waals surface area (Å²) >= 11 is 0. The number of amides is 1. The maximum atomic E-state index is 12.1. The zero-order valence-corrected chi connectivity index (χ0v) is 15.5. The van der Waals surface area contributed by atoms with Gasteiger partial charge in [0.05, 0.1) is 5.69 Å². The van der Waals surface area contributed by atoms with E-state index >= 15 is 0 Å². The van der Waals surface area contributed by atoms with Crippen molar-refractivity contribution in [1.29, 1.82) is 0 Å². The van der Waals surface area contributed by atoms with Gasteiger partial charge in [0.15, 0.2) is 6.61 Å². The minimum atomic E-state index is -0.206. The zero-order chi connectivity index (χ0) is 19.1. The molecule has 0 atom stereocenters. The van der Waals surface area contributed by atoms with E-state index < -0.39 is 0 Å². The van der Waals surface area contributed by atoms with Gasteiger partial charge in [-0.2, -0.15) is 0 Å². The molecule has 3 aromatic rings. The molecule has 0 aliphatic rings. The lowest BCUT2D eigenvalue weighted by Crippen LogP contribution is -2.20. The number of ether oxygens (including phenoxy) is 1. The van der Waals surface area contributed by atoms with Gasteiger partial charge in [-0.05, 0) is 49.7 Å². The normalized spacial score (nSPS) is 10.7. The third-order valence-corrected chi connectivity index (χ3v) is 4.03. The largest absolute Gasteiger partial charge is 0.483 e. The molecule has 1 amide bonds. The zero-order valence-electron chi connectivity index (χ0n) is 15.5. The van der Waals surface area contributed by atoms with Crippen LogP contribution >= 0.6 is 0 Å². The van der Waals surface area contributed by atoms with Crippen molar-refractivity contribution >= 4 is 23.5 Å². The fraction of sp³-hybridized carbons (Fsp3) is 0.130. The van der Waals surface area contributed by atoms with Crippen LogP contribution in [0.5, 0.6) is 5.75 Å². The van der Waals surface area contributed by atoms with Crippen molar-refractivity contribution in [2.24, 2.45) is 4.99 Å². The minimum absolute atomic E-state index is 0.0662. The van der Waals surface area contributed by atoms with E-state index in [1.54, 1.807) is 6.21 Å². The summed E-state index contributed by atoms with van der Waals surface area (Å²) in [6.07, 6.45) is 1.77. The smallest absolute Gasteiger partial charge is 0.262 e. The number of carbonyl (C=O) groups is 1. The number of nitrogens with one attached hydrogen (secondary N) is 1. The van der Waals surface area contributed by atoms with Gasteiger partial charge >= 0.3 is 0 Å². The molecule has 0 unspecified atom stereocenters. The van der Waals surface area contributed by atoms with E-state index in [-0.39, 0.29) is 12.5 Å². The maximum Gasteiger partial charge on any atom is 0.262 e. The standard InChI is InChI=1S/C23H22N2O2/c1-17-12-13-21(18(2)14-17)24-15-19-8-6-7-11-22(19)27-16-23(26)25-20-9-4-3-5-10-20/h3-15H,16H2,1-2H3,(H,25,26). The molecular formula is C23H22N2O2. The summed E-state index contributed by atoms with van der Waals surface area (Å²) < 4.78 is 5.71. The summed E-state index contributed by atoms with van der Waals surface area (Å²) in [5, 5.41) is 2.80. The van der Waals surface area contributed by atoms with Crippen molar-refractivity contribution in [2.45, 2.75) is 13.8 Å². The van der Waals surface area contributed by atoms with E-state index in [0.717, 1.165) is 22.5 Å². The lowest BCUT2D eigenvalue weighted by Gasteiger charge is -2.09. The van der Waals surface area contributed by atoms with Gasteiger partial charge in [0, 0.05) is 17.5 Å². The Kier molecular flexibility index (Phi) is 6.00. The highest BCUT2D eigenvalue weighted by atomic mass is 16.5. The van der Waals surface area contributed by atoms with Crippen molar-refractivity contribution in [3.05, 3.63) is 89.5 Å². The number of hydrogen-bond donors (Lipinski definition) is 1. The topological polar surface area (TPSA) is 50.7 Å². The van der Waals surface area contributed by atoms with Gasteiger partial charge in [-0.1, -0.05) is 48.0 Å². The van der Waals surface area contributed by atoms with Gasteiger partial charge in [0.1, 0.15) is 5.75 Å². The van der Waals surface area contributed by atoms with Gasteiger partial charge in [0.2, 0.25) is 0 Å². The van der Waals surface area contributed by atoms with Crippen LogP contribution in [-0.2, 0) is 4.79 Å². The number of anilines is 1. The predicted molar refractivity (Wildman–Crippen MR) is 110 cm³/mol. The fourth-order valence-electron chi connectivity index (χ4n) is 2.67. The molecule has 0 radical (unpaired) electrons. The third kappa shape index (κ3) is 5.28. The molecule has 3 rings (SSSR count). The van der Waals surface area contributed by atoms with Crippen LogP contribution in [0, 0.1) is 13.8 Å². The number of aliphatic imine (C=N–C) groups is 1. The second-order valence-electron chi connectivity index (χ2n) is 6.29. The molecule has 4 nitrogen and oxygen atoms in total. The number of nitrogens with zero attached hydrogens (tertiary/aromatic N) is 1. The lowest BCUT2D eigenvalue weighted by molar-refractivity contribution is -0.118. The van der Waals surface area contributed by atoms with Crippen LogP contribution in [0.3, 0.4) is 0 Å². The summed E-state index contributed by atoms with van der Waals surface area (Å²) in [6, 6.07) is 23.0. The molecule has 0 heterocycles. The molecule has 0 aromatic heterocycles. The van der Waals surface area contributed by atoms with Crippen LogP contribution in [0.2, 0.25) is 0 Å². The molecule has 136 valence electrons. The van der Waals surface area contributed by atoms with Crippen LogP contribution in [0.1, 0.15) is 16.7 Å². The number of carbonyl (C=O) groups excluding carboxylic acids is 1. The van der Waals surface area contributed by atoms with Crippen molar-refractivity contribution in [2.75, 3.05) is 11.9 Å². The van der Waals surface area contributed by atoms with Gasteiger partial charge in [-0.15, -0.1) is 0 Å². The Morgan fingerprint density at radius 1 is 1.00 bits per heavy atom. The number of aryl methyl sites for hydroxylation is 2. The molecule has 0 spiro atoms. The maximum absolute atomic E-state index is 12.1. The SMILES string of the molecule is Cc1ccc(N=Cc2ccccc2OCC(=O)Nc2ccccc2)c(C)c1. The molecule has 0 aliphatic carbocycles. The van der Waals surface area contributed by atoms with Crippen molar-refractivity contribution in [3.8, 4) is 5.75 Å². The fourth-order valence-corrected chi connectivity index (χ4v) is 2.67. The number of hydrogen-bond acceptors (Lipinski definition) is 3. The molecular weight excluding hydrogens is 336 g/mol. The molecule has 0 saturated carbocycles. The summed E-state index contributed by atoms with van der Waals surface area (Å²) in [7, 11) is 0. The van der Waals surface area contributed by atoms with Crippen LogP contribution in [0.25, 0.3) is 0 Å². The first-order valence-corrected chi connectivity index (χ1v) is 8.80. The highest BCUT2D eigenvalue weighted by molar-refractivity contribution is 5.92. The molecule has 27 heavy (non-hydrogen) atoms. The van der Waals surface area contributed by atoms with Crippen LogP contribution < -0.4 is 10.1 Å². The van der Waals surface area contributed by atoms with Crippen LogP contribution in [0.15, 0.2) is 77.8 Å². The van der Waals surface area contributed by atoms with Gasteiger partial charge in [-0.25, -0.2) is 0 Å². The van der Waals surface area contributed by atoms with E-state index in [1.165, 1.54) is 5.56 Å². The number of para-hydroxylation sites is 2. The average molecular weight is 358 g/mol. The average Bonchev–Trinajstić information content (AvgIpc) is 2.67. The first-order valence-electron chi connectivity index (χ1n) is 8.80. The lowest BCUT2D eigenvalue weighted by atomic mass is 10.1. The molecule has 0 aliphatic heterocycles. The Hall–Kier alpha value is -3.40. The van der Waals surface area contributed by atoms with Crippen molar-refractivity contribution < 1.29 is 9.53 Å². The summed E-state index contributed by atoms with van der Waals surface area (Å²) in [5.74, 6) is 0.413. The minimum Gasteiger partial charge on any atom is -0.483 e. The van der Waals surface area contributed by atoms with E-state index in [0.29, 0.717) is 5.75 Å². The van der Waals surface area contributed by atoms with Crippen molar-refractivity contribution in [1.82, 2.24) is 0 Å². The van der Waals surface area contributed by atoms with Gasteiger partial charge in [-0.3, -0.25) is 9.79 Å². The molecule has 3 aromatic carbocycles. The Labute approximate surface area is 159 Å². The third-order valence-electron chi connectivity index (χ3n) is 4.03. The van der Waals surface area contributed by atoms with E-state index in [9.17, 15) is 4.79 Å². The second kappa shape index (κ2) is 8.81. The highest BCUT2D eigenvalue weighted by Crippen LogP contribution is 2.21. The molecule has 4 heteroatoms. The summed E-state index contributed by atoms with van der Waals surface area (Å²) in [5.41, 5.74) is 4.81. The quantitative estimate of drug-likeness (QED) is 0.625. The molecule has 0 fully saturated rings. The Balaban J connectivity index is 1.67. The van der Waals surface area contributed by atoms with Gasteiger partial charge in [0.25, 0.3) is 5.91 Å².